The predicted octanol–water partition coefficient (Wildman–Crippen LogP) is 4.23. The normalized spacial score (nSPS) is 11.5. The Morgan fingerprint density at radius 3 is 2.45 bits per heavy atom. The van der Waals surface area contributed by atoms with Gasteiger partial charge in [0.05, 0.1) is 0 Å². The fourth-order valence-corrected chi connectivity index (χ4v) is 2.85. The maximum absolute atomic E-state index is 4.28. The van der Waals surface area contributed by atoms with E-state index in [4.69, 9.17) is 0 Å². The Balaban J connectivity index is 2.35. The van der Waals surface area contributed by atoms with Crippen molar-refractivity contribution >= 4 is 16.6 Å². The van der Waals surface area contributed by atoms with E-state index in [0.29, 0.717) is 0 Å². The third kappa shape index (κ3) is 2.68. The molecule has 0 unspecified atom stereocenters. The molecule has 3 nitrogen and oxygen atoms in total. The van der Waals surface area contributed by atoms with Crippen LogP contribution in [-0.2, 0) is 6.54 Å². The zero-order valence-electron chi connectivity index (χ0n) is 13.4. The summed E-state index contributed by atoms with van der Waals surface area (Å²) in [6.45, 7) is 13.3. The van der Waals surface area contributed by atoms with E-state index < -0.39 is 0 Å². The summed E-state index contributed by atoms with van der Waals surface area (Å²) in [5, 5.41) is 5.62. The molecule has 0 radical (unpaired) electrons. The number of fused-ring (bicyclic) bond motifs is 1. The van der Waals surface area contributed by atoms with Gasteiger partial charge in [-0.25, -0.2) is 0 Å². The molecule has 0 aliphatic rings. The number of nitrogens with zero attached hydrogens (tertiary/aromatic N) is 3. The number of aryl methyl sites for hydroxylation is 1. The lowest BCUT2D eigenvalue weighted by Crippen LogP contribution is -2.27. The highest BCUT2D eigenvalue weighted by molar-refractivity contribution is 5.88. The highest BCUT2D eigenvalue weighted by Gasteiger charge is 2.11. The topological polar surface area (TPSA) is 22.3 Å². The van der Waals surface area contributed by atoms with Gasteiger partial charge in [0, 0.05) is 29.7 Å². The first-order valence-corrected chi connectivity index (χ1v) is 7.54. The van der Waals surface area contributed by atoms with Crippen LogP contribution >= 0.6 is 0 Å². The molecule has 0 amide bonds. The van der Waals surface area contributed by atoms with Crippen molar-refractivity contribution in [3.05, 3.63) is 34.8 Å². The lowest BCUT2D eigenvalue weighted by Gasteiger charge is -2.19. The number of hydrogen-bond acceptors (Lipinski definition) is 1. The molecule has 0 N–H and O–H groups in total. The van der Waals surface area contributed by atoms with Crippen LogP contribution in [0, 0.1) is 13.8 Å². The third-order valence-corrected chi connectivity index (χ3v) is 4.41. The van der Waals surface area contributed by atoms with Gasteiger partial charge in [0.1, 0.15) is 0 Å². The largest absolute Gasteiger partial charge is 0.687 e. The molecule has 0 aliphatic heterocycles. The van der Waals surface area contributed by atoms with Crippen molar-refractivity contribution < 1.29 is 0 Å². The second kappa shape index (κ2) is 6.31. The first-order chi connectivity index (χ1) is 9.62. The lowest BCUT2D eigenvalue weighted by molar-refractivity contribution is 0.291. The second-order valence-electron chi connectivity index (χ2n) is 5.31. The van der Waals surface area contributed by atoms with Crippen LogP contribution in [0.15, 0.2) is 18.2 Å². The standard InChI is InChI=1S/C17H26N3/c1-6-19(7-2)10-11-20-14(4)13(3)16-12-15(18-5)8-9-17(16)20/h8-9,12H,6-7,10-11H2,1-5H3/q-1. The Kier molecular flexibility index (Phi) is 4.71. The summed E-state index contributed by atoms with van der Waals surface area (Å²) in [7, 11) is 1.85. The van der Waals surface area contributed by atoms with Gasteiger partial charge in [-0.05, 0) is 38.6 Å². The Hall–Kier alpha value is -1.48. The van der Waals surface area contributed by atoms with Gasteiger partial charge in [-0.3, -0.25) is 0 Å². The number of likely N-dealkylation sites (N-methyl/N-ethyl adjacent to an activating group) is 1. The van der Waals surface area contributed by atoms with Crippen molar-refractivity contribution in [3.8, 4) is 0 Å². The van der Waals surface area contributed by atoms with Gasteiger partial charge in [-0.15, -0.1) is 12.7 Å². The fourth-order valence-electron chi connectivity index (χ4n) is 2.85. The number of aromatic nitrogens is 1. The van der Waals surface area contributed by atoms with Crippen LogP contribution < -0.4 is 0 Å². The average Bonchev–Trinajstić information content (AvgIpc) is 2.72. The summed E-state index contributed by atoms with van der Waals surface area (Å²) in [4.78, 5) is 2.47. The molecule has 110 valence electrons. The molecule has 1 aromatic heterocycles. The zero-order valence-corrected chi connectivity index (χ0v) is 13.4. The van der Waals surface area contributed by atoms with E-state index >= 15 is 0 Å². The molecule has 0 aliphatic carbocycles. The van der Waals surface area contributed by atoms with E-state index in [0.717, 1.165) is 31.9 Å². The van der Waals surface area contributed by atoms with Crippen molar-refractivity contribution in [2.75, 3.05) is 26.7 Å². The molecule has 0 bridgehead atoms. The molecular weight excluding hydrogens is 246 g/mol. The van der Waals surface area contributed by atoms with Gasteiger partial charge in [0.2, 0.25) is 0 Å². The maximum Gasteiger partial charge on any atom is 0.0484 e. The highest BCUT2D eigenvalue weighted by atomic mass is 15.1. The van der Waals surface area contributed by atoms with Gasteiger partial charge in [0.25, 0.3) is 0 Å². The third-order valence-electron chi connectivity index (χ3n) is 4.41. The van der Waals surface area contributed by atoms with Gasteiger partial charge in [-0.2, -0.15) is 0 Å². The van der Waals surface area contributed by atoms with Crippen molar-refractivity contribution in [2.24, 2.45) is 0 Å². The Morgan fingerprint density at radius 2 is 1.85 bits per heavy atom. The average molecular weight is 272 g/mol. The minimum absolute atomic E-state index is 1.06. The maximum atomic E-state index is 4.28. The predicted molar refractivity (Wildman–Crippen MR) is 88.1 cm³/mol. The minimum atomic E-state index is 1.06. The van der Waals surface area contributed by atoms with Crippen molar-refractivity contribution in [1.29, 1.82) is 0 Å². The van der Waals surface area contributed by atoms with Crippen LogP contribution in [0.1, 0.15) is 25.1 Å². The molecule has 1 heterocycles. The zero-order chi connectivity index (χ0) is 14.7. The monoisotopic (exact) mass is 272 g/mol. The van der Waals surface area contributed by atoms with E-state index in [1.807, 2.05) is 7.05 Å². The van der Waals surface area contributed by atoms with Crippen LogP contribution in [0.2, 0.25) is 0 Å². The smallest absolute Gasteiger partial charge is 0.0484 e. The molecule has 0 saturated carbocycles. The van der Waals surface area contributed by atoms with Crippen LogP contribution in [-0.4, -0.2) is 36.1 Å². The molecule has 0 saturated heterocycles. The summed E-state index contributed by atoms with van der Waals surface area (Å²) in [5.74, 6) is 0. The summed E-state index contributed by atoms with van der Waals surface area (Å²) < 4.78 is 2.45. The molecular formula is C17H26N3-. The highest BCUT2D eigenvalue weighted by Crippen LogP contribution is 2.29. The van der Waals surface area contributed by atoms with E-state index in [1.165, 1.54) is 22.2 Å². The molecule has 3 heteroatoms. The van der Waals surface area contributed by atoms with Gasteiger partial charge >= 0.3 is 0 Å². The van der Waals surface area contributed by atoms with Gasteiger partial charge < -0.3 is 14.8 Å². The fraction of sp³-hybridized carbons (Fsp3) is 0.529. The van der Waals surface area contributed by atoms with Gasteiger partial charge in [0.15, 0.2) is 0 Å². The first-order valence-electron chi connectivity index (χ1n) is 7.54. The van der Waals surface area contributed by atoms with Crippen LogP contribution in [0.4, 0.5) is 5.69 Å². The van der Waals surface area contributed by atoms with Gasteiger partial charge in [-0.1, -0.05) is 26.0 Å². The van der Waals surface area contributed by atoms with Crippen LogP contribution in [0.3, 0.4) is 0 Å². The van der Waals surface area contributed by atoms with Crippen LogP contribution in [0.25, 0.3) is 16.2 Å². The summed E-state index contributed by atoms with van der Waals surface area (Å²) in [5.41, 5.74) is 5.14. The summed E-state index contributed by atoms with van der Waals surface area (Å²) in [6.07, 6.45) is 0. The van der Waals surface area contributed by atoms with Crippen molar-refractivity contribution in [2.45, 2.75) is 34.2 Å². The Bertz CT molecular complexity index is 579. The first kappa shape index (κ1) is 14.9. The second-order valence-corrected chi connectivity index (χ2v) is 5.31. The summed E-state index contributed by atoms with van der Waals surface area (Å²) >= 11 is 0. The molecule has 0 fully saturated rings. The van der Waals surface area contributed by atoms with E-state index in [9.17, 15) is 0 Å². The Labute approximate surface area is 122 Å². The lowest BCUT2D eigenvalue weighted by atomic mass is 10.1. The molecule has 2 rings (SSSR count). The number of benzene rings is 1. The quantitative estimate of drug-likeness (QED) is 0.771. The van der Waals surface area contributed by atoms with Crippen molar-refractivity contribution in [1.82, 2.24) is 9.47 Å². The molecule has 0 atom stereocenters. The van der Waals surface area contributed by atoms with Crippen LogP contribution in [0.5, 0.6) is 0 Å². The van der Waals surface area contributed by atoms with Crippen molar-refractivity contribution in [3.63, 3.8) is 0 Å². The molecule has 1 aromatic carbocycles. The molecule has 0 spiro atoms. The summed E-state index contributed by atoms with van der Waals surface area (Å²) in [6, 6.07) is 6.51. The molecule has 2 aromatic rings. The SMILES string of the molecule is CCN(CC)CCn1c(C)c(C)c2cc([N-]C)ccc21. The minimum Gasteiger partial charge on any atom is -0.687 e. The Morgan fingerprint density at radius 1 is 1.15 bits per heavy atom. The van der Waals surface area contributed by atoms with E-state index in [-0.39, 0.29) is 0 Å². The van der Waals surface area contributed by atoms with E-state index in [2.05, 4.69) is 60.7 Å². The number of hydrogen-bond donors (Lipinski definition) is 0. The number of rotatable bonds is 6. The molecule has 20 heavy (non-hydrogen) atoms. The van der Waals surface area contributed by atoms with E-state index in [1.54, 1.807) is 0 Å².